The van der Waals surface area contributed by atoms with Crippen molar-refractivity contribution in [2.75, 3.05) is 0 Å². The molecule has 0 aliphatic carbocycles. The van der Waals surface area contributed by atoms with Gasteiger partial charge in [-0.1, -0.05) is 19.1 Å². The average Bonchev–Trinajstić information content (AvgIpc) is 2.18. The molecule has 14 heavy (non-hydrogen) atoms. The monoisotopic (exact) mass is 193 g/mol. The van der Waals surface area contributed by atoms with E-state index in [0.717, 1.165) is 17.7 Å². The maximum absolute atomic E-state index is 5.79. The average molecular weight is 193 g/mol. The molecule has 1 aromatic rings. The number of hydrogen-bond donors (Lipinski definition) is 1. The van der Waals surface area contributed by atoms with Gasteiger partial charge in [-0.2, -0.15) is 0 Å². The molecule has 78 valence electrons. The molecule has 0 fully saturated rings. The van der Waals surface area contributed by atoms with E-state index in [0.29, 0.717) is 0 Å². The van der Waals surface area contributed by atoms with E-state index in [-0.39, 0.29) is 12.1 Å². The van der Waals surface area contributed by atoms with E-state index in [1.54, 1.807) is 0 Å². The number of benzene rings is 1. The topological polar surface area (TPSA) is 35.2 Å². The molecule has 2 nitrogen and oxygen atoms in total. The molecule has 0 radical (unpaired) electrons. The molecule has 2 N–H and O–H groups in total. The number of rotatable bonds is 4. The fourth-order valence-corrected chi connectivity index (χ4v) is 1.19. The summed E-state index contributed by atoms with van der Waals surface area (Å²) in [6.45, 7) is 6.15. The fourth-order valence-electron chi connectivity index (χ4n) is 1.19. The van der Waals surface area contributed by atoms with Gasteiger partial charge in [-0.25, -0.2) is 0 Å². The molecule has 0 saturated heterocycles. The first-order valence-corrected chi connectivity index (χ1v) is 5.15. The summed E-state index contributed by atoms with van der Waals surface area (Å²) in [4.78, 5) is 0. The third kappa shape index (κ3) is 3.04. The Hall–Kier alpha value is -1.02. The lowest BCUT2D eigenvalue weighted by atomic mass is 10.1. The minimum atomic E-state index is 0.0653. The molecule has 0 aliphatic heterocycles. The highest BCUT2D eigenvalue weighted by atomic mass is 16.5. The Balaban J connectivity index is 2.73. The van der Waals surface area contributed by atoms with Crippen molar-refractivity contribution in [3.63, 3.8) is 0 Å². The van der Waals surface area contributed by atoms with Crippen molar-refractivity contribution in [3.8, 4) is 5.75 Å². The maximum atomic E-state index is 5.79. The van der Waals surface area contributed by atoms with E-state index in [1.807, 2.05) is 31.2 Å². The van der Waals surface area contributed by atoms with E-state index in [4.69, 9.17) is 10.5 Å². The van der Waals surface area contributed by atoms with Crippen LogP contribution in [-0.4, -0.2) is 6.10 Å². The SMILES string of the molecule is CC[C@H](C)Oc1cccc([C@@H](C)N)c1. The lowest BCUT2D eigenvalue weighted by Gasteiger charge is -2.14. The molecule has 0 heterocycles. The highest BCUT2D eigenvalue weighted by molar-refractivity contribution is 5.30. The van der Waals surface area contributed by atoms with Crippen LogP contribution in [0.3, 0.4) is 0 Å². The van der Waals surface area contributed by atoms with Crippen LogP contribution in [0, 0.1) is 0 Å². The van der Waals surface area contributed by atoms with Gasteiger partial charge in [-0.15, -0.1) is 0 Å². The Morgan fingerprint density at radius 3 is 2.64 bits per heavy atom. The predicted molar refractivity (Wildman–Crippen MR) is 59.4 cm³/mol. The first kappa shape index (κ1) is 11.1. The lowest BCUT2D eigenvalue weighted by Crippen LogP contribution is -2.10. The first-order chi connectivity index (χ1) is 6.63. The normalized spacial score (nSPS) is 14.9. The molecule has 1 rings (SSSR count). The second kappa shape index (κ2) is 5.01. The third-order valence-electron chi connectivity index (χ3n) is 2.30. The highest BCUT2D eigenvalue weighted by Crippen LogP contribution is 2.19. The molecule has 2 atom stereocenters. The van der Waals surface area contributed by atoms with Crippen molar-refractivity contribution in [2.24, 2.45) is 5.73 Å². The lowest BCUT2D eigenvalue weighted by molar-refractivity contribution is 0.217. The third-order valence-corrected chi connectivity index (χ3v) is 2.30. The van der Waals surface area contributed by atoms with Crippen molar-refractivity contribution in [2.45, 2.75) is 39.3 Å². The van der Waals surface area contributed by atoms with Crippen LogP contribution in [0.2, 0.25) is 0 Å². The number of ether oxygens (including phenoxy) is 1. The highest BCUT2D eigenvalue weighted by Gasteiger charge is 2.03. The Morgan fingerprint density at radius 1 is 1.36 bits per heavy atom. The van der Waals surface area contributed by atoms with Crippen LogP contribution in [0.15, 0.2) is 24.3 Å². The van der Waals surface area contributed by atoms with Crippen LogP contribution in [0.5, 0.6) is 5.75 Å². The van der Waals surface area contributed by atoms with Gasteiger partial charge >= 0.3 is 0 Å². The smallest absolute Gasteiger partial charge is 0.120 e. The quantitative estimate of drug-likeness (QED) is 0.798. The second-order valence-electron chi connectivity index (χ2n) is 3.70. The minimum Gasteiger partial charge on any atom is -0.491 e. The van der Waals surface area contributed by atoms with Gasteiger partial charge in [-0.3, -0.25) is 0 Å². The summed E-state index contributed by atoms with van der Waals surface area (Å²) in [6.07, 6.45) is 1.28. The Bertz CT molecular complexity index is 283. The molecule has 0 unspecified atom stereocenters. The van der Waals surface area contributed by atoms with Gasteiger partial charge in [-0.05, 0) is 38.0 Å². The Labute approximate surface area is 86.1 Å². The van der Waals surface area contributed by atoms with Crippen LogP contribution >= 0.6 is 0 Å². The van der Waals surface area contributed by atoms with E-state index in [2.05, 4.69) is 13.8 Å². The zero-order chi connectivity index (χ0) is 10.6. The van der Waals surface area contributed by atoms with Crippen molar-refractivity contribution in [1.82, 2.24) is 0 Å². The largest absolute Gasteiger partial charge is 0.491 e. The van der Waals surface area contributed by atoms with Crippen LogP contribution in [0.1, 0.15) is 38.8 Å². The molecule has 2 heteroatoms. The van der Waals surface area contributed by atoms with Crippen molar-refractivity contribution >= 4 is 0 Å². The van der Waals surface area contributed by atoms with Crippen molar-refractivity contribution < 1.29 is 4.74 Å². The van der Waals surface area contributed by atoms with Gasteiger partial charge in [0.25, 0.3) is 0 Å². The molecule has 0 bridgehead atoms. The maximum Gasteiger partial charge on any atom is 0.120 e. The molecule has 0 saturated carbocycles. The van der Waals surface area contributed by atoms with Crippen LogP contribution in [0.4, 0.5) is 0 Å². The zero-order valence-electron chi connectivity index (χ0n) is 9.16. The van der Waals surface area contributed by atoms with E-state index >= 15 is 0 Å². The molecular formula is C12H19NO. The standard InChI is InChI=1S/C12H19NO/c1-4-9(2)14-12-7-5-6-11(8-12)10(3)13/h5-10H,4,13H2,1-3H3/t9-,10+/m0/s1. The van der Waals surface area contributed by atoms with Gasteiger partial charge in [0.1, 0.15) is 5.75 Å². The minimum absolute atomic E-state index is 0.0653. The number of nitrogens with two attached hydrogens (primary N) is 1. The van der Waals surface area contributed by atoms with Crippen LogP contribution < -0.4 is 10.5 Å². The Kier molecular flexibility index (Phi) is 3.96. The number of hydrogen-bond acceptors (Lipinski definition) is 2. The fraction of sp³-hybridized carbons (Fsp3) is 0.500. The summed E-state index contributed by atoms with van der Waals surface area (Å²) in [5.41, 5.74) is 6.91. The molecular weight excluding hydrogens is 174 g/mol. The summed E-state index contributed by atoms with van der Waals surface area (Å²) in [5, 5.41) is 0. The summed E-state index contributed by atoms with van der Waals surface area (Å²) in [7, 11) is 0. The van der Waals surface area contributed by atoms with Crippen molar-refractivity contribution in [3.05, 3.63) is 29.8 Å². The van der Waals surface area contributed by atoms with Crippen LogP contribution in [-0.2, 0) is 0 Å². The molecule has 0 aliphatic rings. The van der Waals surface area contributed by atoms with Gasteiger partial charge in [0.2, 0.25) is 0 Å². The molecule has 0 spiro atoms. The summed E-state index contributed by atoms with van der Waals surface area (Å²) in [5.74, 6) is 0.911. The van der Waals surface area contributed by atoms with E-state index in [9.17, 15) is 0 Å². The van der Waals surface area contributed by atoms with Gasteiger partial charge < -0.3 is 10.5 Å². The van der Waals surface area contributed by atoms with Crippen molar-refractivity contribution in [1.29, 1.82) is 0 Å². The van der Waals surface area contributed by atoms with Gasteiger partial charge in [0, 0.05) is 6.04 Å². The van der Waals surface area contributed by atoms with E-state index < -0.39 is 0 Å². The molecule has 0 aromatic heterocycles. The summed E-state index contributed by atoms with van der Waals surface area (Å²) >= 11 is 0. The zero-order valence-corrected chi connectivity index (χ0v) is 9.16. The molecule has 0 amide bonds. The summed E-state index contributed by atoms with van der Waals surface area (Å²) in [6, 6.07) is 8.05. The molecule has 1 aromatic carbocycles. The van der Waals surface area contributed by atoms with E-state index in [1.165, 1.54) is 0 Å². The van der Waals surface area contributed by atoms with Gasteiger partial charge in [0.15, 0.2) is 0 Å². The first-order valence-electron chi connectivity index (χ1n) is 5.15. The van der Waals surface area contributed by atoms with Crippen LogP contribution in [0.25, 0.3) is 0 Å². The van der Waals surface area contributed by atoms with Gasteiger partial charge in [0.05, 0.1) is 6.10 Å². The Morgan fingerprint density at radius 2 is 2.07 bits per heavy atom. The predicted octanol–water partition coefficient (Wildman–Crippen LogP) is 2.88. The summed E-state index contributed by atoms with van der Waals surface area (Å²) < 4.78 is 5.70. The second-order valence-corrected chi connectivity index (χ2v) is 3.70.